The van der Waals surface area contributed by atoms with Gasteiger partial charge in [-0.3, -0.25) is 0 Å². The lowest BCUT2D eigenvalue weighted by Crippen LogP contribution is -2.35. The molecule has 0 radical (unpaired) electrons. The van der Waals surface area contributed by atoms with Crippen molar-refractivity contribution in [3.63, 3.8) is 0 Å². The van der Waals surface area contributed by atoms with Crippen LogP contribution in [0.1, 0.15) is 67.4 Å². The van der Waals surface area contributed by atoms with E-state index in [1.165, 1.54) is 43.2 Å². The number of hydrogen-bond donors (Lipinski definition) is 0. The molecule has 0 bridgehead atoms. The maximum Gasteiger partial charge on any atom is 0.0170 e. The molecule has 1 heteroatoms. The second-order valence-electron chi connectivity index (χ2n) is 12.3. The van der Waals surface area contributed by atoms with Gasteiger partial charge in [-0.25, -0.2) is 10.0 Å². The summed E-state index contributed by atoms with van der Waals surface area (Å²) in [4.78, 5) is 0. The van der Waals surface area contributed by atoms with Gasteiger partial charge < -0.3 is 0 Å². The molecule has 0 N–H and O–H groups in total. The molecule has 0 aliphatic heterocycles. The van der Waals surface area contributed by atoms with E-state index in [-0.39, 0.29) is 0 Å². The van der Waals surface area contributed by atoms with E-state index in [9.17, 15) is 0 Å². The Kier molecular flexibility index (Phi) is 6.12. The van der Waals surface area contributed by atoms with Crippen molar-refractivity contribution in [1.29, 1.82) is 0 Å². The molecule has 7 atom stereocenters. The van der Waals surface area contributed by atoms with Gasteiger partial charge in [0.2, 0.25) is 0 Å². The Morgan fingerprint density at radius 2 is 1.43 bits per heavy atom. The van der Waals surface area contributed by atoms with Crippen molar-refractivity contribution in [2.45, 2.75) is 62.4 Å². The van der Waals surface area contributed by atoms with Crippen LogP contribution in [0, 0.1) is 23.7 Å². The van der Waals surface area contributed by atoms with E-state index < -0.39 is 10.0 Å². The predicted molar refractivity (Wildman–Crippen MR) is 155 cm³/mol. The van der Waals surface area contributed by atoms with Crippen molar-refractivity contribution in [1.82, 2.24) is 0 Å². The van der Waals surface area contributed by atoms with E-state index in [4.69, 9.17) is 0 Å². The largest absolute Gasteiger partial charge is 0.236 e. The van der Waals surface area contributed by atoms with Gasteiger partial charge in [0, 0.05) is 5.25 Å². The Bertz CT molecular complexity index is 1160. The highest BCUT2D eigenvalue weighted by molar-refractivity contribution is 8.33. The lowest BCUT2D eigenvalue weighted by Gasteiger charge is -2.51. The summed E-state index contributed by atoms with van der Waals surface area (Å²) in [5.41, 5.74) is 7.80. The Balaban J connectivity index is 1.35. The normalized spacial score (nSPS) is 32.7. The Morgan fingerprint density at radius 3 is 2.17 bits per heavy atom. The molecule has 3 aliphatic carbocycles. The fourth-order valence-electron chi connectivity index (χ4n) is 9.01. The van der Waals surface area contributed by atoms with Crippen LogP contribution in [-0.4, -0.2) is 17.8 Å². The summed E-state index contributed by atoms with van der Waals surface area (Å²) < 4.78 is 0. The molecule has 2 saturated carbocycles. The molecule has 2 fully saturated rings. The third-order valence-corrected chi connectivity index (χ3v) is 14.2. The number of rotatable bonds is 4. The summed E-state index contributed by atoms with van der Waals surface area (Å²) in [6.07, 6.45) is 12.4. The number of benzene rings is 3. The second kappa shape index (κ2) is 9.15. The molecular formula is C34H42S. The van der Waals surface area contributed by atoms with Gasteiger partial charge in [0.15, 0.2) is 0 Å². The van der Waals surface area contributed by atoms with Crippen LogP contribution in [0.2, 0.25) is 0 Å². The molecule has 7 unspecified atom stereocenters. The molecule has 0 saturated heterocycles. The van der Waals surface area contributed by atoms with Crippen LogP contribution in [-0.2, 0) is 6.42 Å². The highest BCUT2D eigenvalue weighted by Gasteiger charge is 2.53. The molecule has 0 nitrogen and oxygen atoms in total. The van der Waals surface area contributed by atoms with E-state index in [0.29, 0.717) is 0 Å². The molecule has 0 amide bonds. The first-order valence-corrected chi connectivity index (χ1v) is 16.5. The SMILES string of the molecule is CC1Cc2c(-c3ccccc3)cccc2C1S(C)(C)C1C(C)CC2C(c3ccccc3)CCCC21. The zero-order chi connectivity index (χ0) is 24.2. The molecule has 3 aromatic carbocycles. The minimum Gasteiger partial charge on any atom is -0.236 e. The standard InChI is InChI=1S/C34H42S/c1-23-21-31-27(25-13-7-5-8-14-25)17-11-19-29(31)33(23)35(3,4)34-24(2)22-32-28(18-12-20-30(32)34)26-15-9-6-10-16-26/h5-11,13-17,19,23-24,28,30,32-34H,12,18,20-22H2,1-4H3. The van der Waals surface area contributed by atoms with Crippen LogP contribution < -0.4 is 0 Å². The van der Waals surface area contributed by atoms with Crippen molar-refractivity contribution >= 4 is 10.0 Å². The van der Waals surface area contributed by atoms with Crippen LogP contribution in [0.5, 0.6) is 0 Å². The fraction of sp³-hybridized carbons (Fsp3) is 0.471. The lowest BCUT2D eigenvalue weighted by molar-refractivity contribution is 0.240. The van der Waals surface area contributed by atoms with Gasteiger partial charge in [-0.2, -0.15) is 0 Å². The van der Waals surface area contributed by atoms with Crippen LogP contribution in [0.4, 0.5) is 0 Å². The van der Waals surface area contributed by atoms with Gasteiger partial charge in [-0.15, -0.1) is 0 Å². The third kappa shape index (κ3) is 3.90. The molecule has 0 spiro atoms. The molecular weight excluding hydrogens is 440 g/mol. The topological polar surface area (TPSA) is 0 Å². The lowest BCUT2D eigenvalue weighted by atomic mass is 9.71. The summed E-state index contributed by atoms with van der Waals surface area (Å²) in [5.74, 6) is 4.13. The average Bonchev–Trinajstić information content (AvgIpc) is 3.41. The zero-order valence-corrected chi connectivity index (χ0v) is 22.8. The van der Waals surface area contributed by atoms with Crippen molar-refractivity contribution in [3.8, 4) is 11.1 Å². The highest BCUT2D eigenvalue weighted by Crippen LogP contribution is 2.72. The van der Waals surface area contributed by atoms with E-state index in [1.807, 2.05) is 0 Å². The second-order valence-corrected chi connectivity index (χ2v) is 16.3. The Labute approximate surface area is 214 Å². The minimum absolute atomic E-state index is 0.726. The molecule has 35 heavy (non-hydrogen) atoms. The van der Waals surface area contributed by atoms with Crippen LogP contribution >= 0.6 is 10.0 Å². The van der Waals surface area contributed by atoms with E-state index in [1.54, 1.807) is 16.7 Å². The summed E-state index contributed by atoms with van der Waals surface area (Å²) in [5, 5.41) is 1.61. The highest BCUT2D eigenvalue weighted by atomic mass is 32.3. The summed E-state index contributed by atoms with van der Waals surface area (Å²) in [7, 11) is -0.825. The molecule has 3 aromatic rings. The maximum absolute atomic E-state index is 2.73. The van der Waals surface area contributed by atoms with Crippen LogP contribution in [0.15, 0.2) is 78.9 Å². The van der Waals surface area contributed by atoms with Gasteiger partial charge in [-0.05, 0) is 101 Å². The first kappa shape index (κ1) is 23.4. The molecule has 3 aliphatic rings. The summed E-state index contributed by atoms with van der Waals surface area (Å²) in [6, 6.07) is 29.8. The van der Waals surface area contributed by atoms with Gasteiger partial charge in [-0.1, -0.05) is 99.1 Å². The van der Waals surface area contributed by atoms with E-state index in [2.05, 4.69) is 105 Å². The molecule has 184 valence electrons. The summed E-state index contributed by atoms with van der Waals surface area (Å²) in [6.45, 7) is 5.17. The average molecular weight is 483 g/mol. The fourth-order valence-corrected chi connectivity index (χ4v) is 14.1. The maximum atomic E-state index is 2.73. The predicted octanol–water partition coefficient (Wildman–Crippen LogP) is 9.26. The third-order valence-electron chi connectivity index (χ3n) is 9.98. The van der Waals surface area contributed by atoms with Gasteiger partial charge in [0.1, 0.15) is 0 Å². The molecule has 0 aromatic heterocycles. The Morgan fingerprint density at radius 1 is 0.714 bits per heavy atom. The number of fused-ring (bicyclic) bond motifs is 2. The summed E-state index contributed by atoms with van der Waals surface area (Å²) >= 11 is 0. The smallest absolute Gasteiger partial charge is 0.0170 e. The van der Waals surface area contributed by atoms with Crippen molar-refractivity contribution in [3.05, 3.63) is 95.6 Å². The van der Waals surface area contributed by atoms with Gasteiger partial charge in [0.25, 0.3) is 0 Å². The monoisotopic (exact) mass is 482 g/mol. The minimum atomic E-state index is -0.825. The van der Waals surface area contributed by atoms with Gasteiger partial charge >= 0.3 is 0 Å². The van der Waals surface area contributed by atoms with E-state index >= 15 is 0 Å². The van der Waals surface area contributed by atoms with Crippen LogP contribution in [0.3, 0.4) is 0 Å². The molecule has 0 heterocycles. The van der Waals surface area contributed by atoms with Crippen molar-refractivity contribution in [2.24, 2.45) is 23.7 Å². The Hall–Kier alpha value is -1.99. The van der Waals surface area contributed by atoms with Crippen molar-refractivity contribution < 1.29 is 0 Å². The first-order chi connectivity index (χ1) is 17.0. The van der Waals surface area contributed by atoms with Gasteiger partial charge in [0.05, 0.1) is 0 Å². The molecule has 6 rings (SSSR count). The first-order valence-electron chi connectivity index (χ1n) is 13.9. The van der Waals surface area contributed by atoms with E-state index in [0.717, 1.165) is 40.1 Å². The number of hydrogen-bond acceptors (Lipinski definition) is 0. The van der Waals surface area contributed by atoms with Crippen molar-refractivity contribution in [2.75, 3.05) is 12.5 Å². The van der Waals surface area contributed by atoms with Crippen LogP contribution in [0.25, 0.3) is 11.1 Å². The quantitative estimate of drug-likeness (QED) is 0.347. The zero-order valence-electron chi connectivity index (χ0n) is 22.0.